The molecule has 25 heavy (non-hydrogen) atoms. The molecule has 1 N–H and O–H groups in total. The molecule has 0 aliphatic rings. The molecule has 132 valence electrons. The highest BCUT2D eigenvalue weighted by atomic mass is 19.3. The van der Waals surface area contributed by atoms with Gasteiger partial charge in [-0.1, -0.05) is 12.1 Å². The Balaban J connectivity index is 2.17. The topological polar surface area (TPSA) is 47.6 Å². The van der Waals surface area contributed by atoms with Gasteiger partial charge in [0.05, 0.1) is 7.11 Å². The molecular formula is C17H13F4NO3. The number of hydrogen-bond acceptors (Lipinski definition) is 3. The summed E-state index contributed by atoms with van der Waals surface area (Å²) in [6.45, 7) is -3.07. The van der Waals surface area contributed by atoms with E-state index in [4.69, 9.17) is 4.74 Å². The van der Waals surface area contributed by atoms with E-state index in [-0.39, 0.29) is 22.7 Å². The van der Waals surface area contributed by atoms with Crippen molar-refractivity contribution in [3.63, 3.8) is 0 Å². The van der Waals surface area contributed by atoms with Gasteiger partial charge < -0.3 is 14.8 Å². The fourth-order valence-corrected chi connectivity index (χ4v) is 1.96. The van der Waals surface area contributed by atoms with Crippen molar-refractivity contribution in [1.82, 2.24) is 0 Å². The fraction of sp³-hybridized carbons (Fsp3) is 0.118. The second kappa shape index (κ2) is 8.18. The van der Waals surface area contributed by atoms with Gasteiger partial charge in [0.15, 0.2) is 23.1 Å². The molecule has 0 heterocycles. The average Bonchev–Trinajstić information content (AvgIpc) is 2.56. The molecule has 2 rings (SSSR count). The number of alkyl halides is 2. The minimum Gasteiger partial charge on any atom is -0.493 e. The normalized spacial score (nSPS) is 11.0. The first-order chi connectivity index (χ1) is 11.9. The van der Waals surface area contributed by atoms with Crippen molar-refractivity contribution in [1.29, 1.82) is 0 Å². The third-order valence-electron chi connectivity index (χ3n) is 3.04. The van der Waals surface area contributed by atoms with Crippen LogP contribution in [0, 0.1) is 11.6 Å². The van der Waals surface area contributed by atoms with Crippen molar-refractivity contribution in [2.45, 2.75) is 6.61 Å². The van der Waals surface area contributed by atoms with Crippen LogP contribution in [0.4, 0.5) is 23.2 Å². The predicted octanol–water partition coefficient (Wildman–Crippen LogP) is 4.23. The molecule has 0 aromatic heterocycles. The number of rotatable bonds is 6. The van der Waals surface area contributed by atoms with E-state index >= 15 is 0 Å². The van der Waals surface area contributed by atoms with Crippen molar-refractivity contribution >= 4 is 17.7 Å². The van der Waals surface area contributed by atoms with Crippen LogP contribution in [0.25, 0.3) is 6.08 Å². The van der Waals surface area contributed by atoms with Gasteiger partial charge in [-0.3, -0.25) is 4.79 Å². The van der Waals surface area contributed by atoms with Gasteiger partial charge in [-0.15, -0.1) is 0 Å². The molecule has 0 aliphatic heterocycles. The van der Waals surface area contributed by atoms with E-state index in [0.717, 1.165) is 18.2 Å². The third kappa shape index (κ3) is 4.97. The number of amides is 1. The van der Waals surface area contributed by atoms with E-state index in [1.54, 1.807) is 0 Å². The monoisotopic (exact) mass is 355 g/mol. The number of anilines is 1. The Bertz CT molecular complexity index is 793. The molecular weight excluding hydrogens is 342 g/mol. The van der Waals surface area contributed by atoms with E-state index in [0.29, 0.717) is 0 Å². The number of halogens is 4. The second-order valence-electron chi connectivity index (χ2n) is 4.71. The van der Waals surface area contributed by atoms with E-state index in [2.05, 4.69) is 10.1 Å². The van der Waals surface area contributed by atoms with Gasteiger partial charge in [0.1, 0.15) is 0 Å². The molecule has 0 radical (unpaired) electrons. The second-order valence-corrected chi connectivity index (χ2v) is 4.71. The highest BCUT2D eigenvalue weighted by Crippen LogP contribution is 2.33. The number of methoxy groups -OCH3 is 1. The molecule has 0 aliphatic carbocycles. The summed E-state index contributed by atoms with van der Waals surface area (Å²) >= 11 is 0. The number of ether oxygens (including phenoxy) is 2. The van der Waals surface area contributed by atoms with Gasteiger partial charge >= 0.3 is 6.61 Å². The van der Waals surface area contributed by atoms with Gasteiger partial charge in [0.25, 0.3) is 0 Å². The van der Waals surface area contributed by atoms with Crippen molar-refractivity contribution in [3.8, 4) is 11.5 Å². The Morgan fingerprint density at radius 2 is 1.92 bits per heavy atom. The Morgan fingerprint density at radius 1 is 1.16 bits per heavy atom. The van der Waals surface area contributed by atoms with Crippen molar-refractivity contribution in [3.05, 3.63) is 59.7 Å². The summed E-state index contributed by atoms with van der Waals surface area (Å²) in [5.74, 6) is -2.97. The van der Waals surface area contributed by atoms with Gasteiger partial charge in [0.2, 0.25) is 5.91 Å². The van der Waals surface area contributed by atoms with E-state index in [1.807, 2.05) is 0 Å². The lowest BCUT2D eigenvalue weighted by molar-refractivity contribution is -0.111. The molecule has 0 fully saturated rings. The Morgan fingerprint density at radius 3 is 2.56 bits per heavy atom. The minimum absolute atomic E-state index is 0.0447. The van der Waals surface area contributed by atoms with Crippen LogP contribution in [0.2, 0.25) is 0 Å². The number of nitrogens with one attached hydrogen (secondary N) is 1. The lowest BCUT2D eigenvalue weighted by atomic mass is 10.1. The summed E-state index contributed by atoms with van der Waals surface area (Å²) in [6, 6.07) is 7.27. The summed E-state index contributed by atoms with van der Waals surface area (Å²) in [4.78, 5) is 11.8. The molecule has 0 spiro atoms. The van der Waals surface area contributed by atoms with Crippen LogP contribution in [0.15, 0.2) is 42.5 Å². The van der Waals surface area contributed by atoms with Crippen LogP contribution in [-0.2, 0) is 4.79 Å². The van der Waals surface area contributed by atoms with Crippen molar-refractivity contribution < 1.29 is 31.8 Å². The average molecular weight is 355 g/mol. The van der Waals surface area contributed by atoms with E-state index < -0.39 is 24.2 Å². The van der Waals surface area contributed by atoms with Gasteiger partial charge in [-0.25, -0.2) is 8.78 Å². The first kappa shape index (κ1) is 18.3. The molecule has 1 amide bonds. The summed E-state index contributed by atoms with van der Waals surface area (Å²) in [5, 5.41) is 2.32. The maximum absolute atomic E-state index is 13.1. The maximum atomic E-state index is 13.1. The molecule has 0 saturated carbocycles. The molecule has 0 unspecified atom stereocenters. The van der Waals surface area contributed by atoms with Crippen molar-refractivity contribution in [2.24, 2.45) is 0 Å². The predicted molar refractivity (Wildman–Crippen MR) is 83.6 cm³/mol. The lowest BCUT2D eigenvalue weighted by Gasteiger charge is -2.12. The number of carbonyl (C=O) groups excluding carboxylic acids is 1. The Kier molecular flexibility index (Phi) is 5.99. The summed E-state index contributed by atoms with van der Waals surface area (Å²) in [7, 11) is 1.29. The quantitative estimate of drug-likeness (QED) is 0.623. The fourth-order valence-electron chi connectivity index (χ4n) is 1.96. The van der Waals surface area contributed by atoms with Crippen LogP contribution < -0.4 is 14.8 Å². The zero-order valence-corrected chi connectivity index (χ0v) is 12.9. The highest BCUT2D eigenvalue weighted by molar-refractivity contribution is 6.02. The summed E-state index contributed by atoms with van der Waals surface area (Å²) in [5.41, 5.74) is 0.225. The number of hydrogen-bond donors (Lipinski definition) is 1. The van der Waals surface area contributed by atoms with E-state index in [9.17, 15) is 22.4 Å². The molecule has 0 bridgehead atoms. The first-order valence-corrected chi connectivity index (χ1v) is 6.96. The molecule has 0 saturated heterocycles. The zero-order valence-electron chi connectivity index (χ0n) is 12.9. The summed E-state index contributed by atoms with van der Waals surface area (Å²) in [6.07, 6.45) is 2.27. The zero-order chi connectivity index (χ0) is 18.4. The molecule has 2 aromatic rings. The maximum Gasteiger partial charge on any atom is 0.387 e. The van der Waals surface area contributed by atoms with E-state index in [1.165, 1.54) is 37.5 Å². The van der Waals surface area contributed by atoms with Crippen LogP contribution in [0.1, 0.15) is 5.56 Å². The largest absolute Gasteiger partial charge is 0.493 e. The van der Waals surface area contributed by atoms with Gasteiger partial charge in [0, 0.05) is 23.4 Å². The summed E-state index contributed by atoms with van der Waals surface area (Å²) < 4.78 is 60.3. The SMILES string of the molecule is COc1cccc(/C=C/C(=O)Nc2ccc(F)c(F)c2)c1OC(F)F. The molecule has 2 aromatic carbocycles. The van der Waals surface area contributed by atoms with Gasteiger partial charge in [-0.2, -0.15) is 8.78 Å². The lowest BCUT2D eigenvalue weighted by Crippen LogP contribution is -2.08. The first-order valence-electron chi connectivity index (χ1n) is 6.96. The number of benzene rings is 2. The number of para-hydroxylation sites is 1. The highest BCUT2D eigenvalue weighted by Gasteiger charge is 2.14. The molecule has 0 atom stereocenters. The molecule has 4 nitrogen and oxygen atoms in total. The van der Waals surface area contributed by atoms with Gasteiger partial charge in [-0.05, 0) is 24.3 Å². The third-order valence-corrected chi connectivity index (χ3v) is 3.04. The van der Waals surface area contributed by atoms with Crippen LogP contribution >= 0.6 is 0 Å². The van der Waals surface area contributed by atoms with Crippen LogP contribution in [0.3, 0.4) is 0 Å². The van der Waals surface area contributed by atoms with Crippen LogP contribution in [0.5, 0.6) is 11.5 Å². The Labute approximate surface area is 140 Å². The smallest absolute Gasteiger partial charge is 0.387 e. The Hall–Kier alpha value is -3.03. The van der Waals surface area contributed by atoms with Crippen LogP contribution in [-0.4, -0.2) is 19.6 Å². The minimum atomic E-state index is -3.07. The van der Waals surface area contributed by atoms with Crippen molar-refractivity contribution in [2.75, 3.05) is 12.4 Å². The standard InChI is InChI=1S/C17H13F4NO3/c1-24-14-4-2-3-10(16(14)25-17(20)21)5-8-15(23)22-11-6-7-12(18)13(19)9-11/h2-9,17H,1H3,(H,22,23)/b8-5+. The number of carbonyl (C=O) groups is 1. The molecule has 8 heteroatoms.